The van der Waals surface area contributed by atoms with Crippen molar-refractivity contribution in [3.8, 4) is 11.8 Å². The molecule has 2 rings (SSSR count). The number of aliphatic hydroxyl groups is 1. The van der Waals surface area contributed by atoms with Gasteiger partial charge in [0.25, 0.3) is 0 Å². The number of nitrogens with zero attached hydrogens (tertiary/aromatic N) is 1. The van der Waals surface area contributed by atoms with Crippen molar-refractivity contribution in [3.05, 3.63) is 59.2 Å². The lowest BCUT2D eigenvalue weighted by Gasteiger charge is -2.20. The fourth-order valence-corrected chi connectivity index (χ4v) is 2.63. The number of hydrogen-bond donors (Lipinski definition) is 3. The summed E-state index contributed by atoms with van der Waals surface area (Å²) < 4.78 is 5.53. The van der Waals surface area contributed by atoms with E-state index in [1.54, 1.807) is 30.3 Å². The third-order valence-corrected chi connectivity index (χ3v) is 3.84. The number of carbonyl (C=O) groups is 1. The van der Waals surface area contributed by atoms with Crippen molar-refractivity contribution >= 4 is 11.7 Å². The highest BCUT2D eigenvalue weighted by Crippen LogP contribution is 2.30. The molecular weight excluding hydrogens is 332 g/mol. The van der Waals surface area contributed by atoms with E-state index in [-0.39, 0.29) is 13.2 Å². The lowest BCUT2D eigenvalue weighted by molar-refractivity contribution is -0.138. The molecule has 1 atom stereocenters. The Balaban J connectivity index is 2.37. The average Bonchev–Trinajstić information content (AvgIpc) is 2.65. The SMILES string of the molecule is CCCc1ccc(OCCO)c(C(Nc2ccc(C#N)cc2)C(=O)O)c1. The summed E-state index contributed by atoms with van der Waals surface area (Å²) in [6.07, 6.45) is 1.77. The summed E-state index contributed by atoms with van der Waals surface area (Å²) in [5.41, 5.74) is 2.61. The Kier molecular flexibility index (Phi) is 7.01. The maximum absolute atomic E-state index is 11.9. The predicted molar refractivity (Wildman–Crippen MR) is 98.2 cm³/mol. The molecule has 0 spiro atoms. The van der Waals surface area contributed by atoms with Crippen LogP contribution >= 0.6 is 0 Å². The summed E-state index contributed by atoms with van der Waals surface area (Å²) in [4.78, 5) is 11.9. The zero-order valence-electron chi connectivity index (χ0n) is 14.6. The topological polar surface area (TPSA) is 103 Å². The number of aliphatic carboxylic acids is 1. The summed E-state index contributed by atoms with van der Waals surface area (Å²) in [6, 6.07) is 13.1. The molecule has 0 saturated heterocycles. The fourth-order valence-electron chi connectivity index (χ4n) is 2.63. The van der Waals surface area contributed by atoms with Gasteiger partial charge in [-0.2, -0.15) is 5.26 Å². The molecule has 26 heavy (non-hydrogen) atoms. The van der Waals surface area contributed by atoms with Gasteiger partial charge in [-0.15, -0.1) is 0 Å². The van der Waals surface area contributed by atoms with Crippen molar-refractivity contribution < 1.29 is 19.7 Å². The first-order valence-corrected chi connectivity index (χ1v) is 8.45. The molecule has 0 saturated carbocycles. The number of aliphatic hydroxyl groups excluding tert-OH is 1. The zero-order chi connectivity index (χ0) is 18.9. The Morgan fingerprint density at radius 1 is 1.27 bits per heavy atom. The summed E-state index contributed by atoms with van der Waals surface area (Å²) in [5, 5.41) is 30.6. The lowest BCUT2D eigenvalue weighted by Crippen LogP contribution is -2.22. The van der Waals surface area contributed by atoms with Crippen LogP contribution in [0.15, 0.2) is 42.5 Å². The van der Waals surface area contributed by atoms with Gasteiger partial charge in [0.15, 0.2) is 6.04 Å². The summed E-state index contributed by atoms with van der Waals surface area (Å²) in [5.74, 6) is -0.621. The van der Waals surface area contributed by atoms with Gasteiger partial charge in [0, 0.05) is 11.3 Å². The Bertz CT molecular complexity index is 781. The van der Waals surface area contributed by atoms with Gasteiger partial charge in [-0.1, -0.05) is 19.4 Å². The fraction of sp³-hybridized carbons (Fsp3) is 0.300. The van der Waals surface area contributed by atoms with Crippen LogP contribution in [0.2, 0.25) is 0 Å². The van der Waals surface area contributed by atoms with E-state index in [9.17, 15) is 9.90 Å². The van der Waals surface area contributed by atoms with Crippen LogP contribution in [0.1, 0.15) is 36.1 Å². The van der Waals surface area contributed by atoms with Crippen molar-refractivity contribution in [2.75, 3.05) is 18.5 Å². The molecule has 0 aliphatic carbocycles. The Labute approximate surface area is 152 Å². The highest BCUT2D eigenvalue weighted by Gasteiger charge is 2.24. The summed E-state index contributed by atoms with van der Waals surface area (Å²) in [7, 11) is 0. The van der Waals surface area contributed by atoms with Crippen molar-refractivity contribution in [3.63, 3.8) is 0 Å². The van der Waals surface area contributed by atoms with E-state index in [4.69, 9.17) is 15.1 Å². The van der Waals surface area contributed by atoms with Gasteiger partial charge in [-0.25, -0.2) is 4.79 Å². The van der Waals surface area contributed by atoms with Crippen LogP contribution in [0.5, 0.6) is 5.75 Å². The lowest BCUT2D eigenvalue weighted by atomic mass is 10.00. The number of anilines is 1. The Morgan fingerprint density at radius 3 is 2.58 bits per heavy atom. The quantitative estimate of drug-likeness (QED) is 0.639. The summed E-state index contributed by atoms with van der Waals surface area (Å²) in [6.45, 7) is 1.99. The van der Waals surface area contributed by atoms with Crippen LogP contribution in [-0.4, -0.2) is 29.4 Å². The first kappa shape index (κ1) is 19.3. The van der Waals surface area contributed by atoms with Gasteiger partial charge in [-0.05, 0) is 48.4 Å². The normalized spacial score (nSPS) is 11.4. The zero-order valence-corrected chi connectivity index (χ0v) is 14.6. The number of nitriles is 1. The predicted octanol–water partition coefficient (Wildman–Crippen LogP) is 3.12. The molecule has 6 nitrogen and oxygen atoms in total. The molecule has 2 aromatic carbocycles. The standard InChI is InChI=1S/C20H22N2O4/c1-2-3-14-6-9-18(26-11-10-23)17(12-14)19(20(24)25)22-16-7-4-15(13-21)5-8-16/h4-9,12,19,22-23H,2-3,10-11H2,1H3,(H,24,25). The maximum atomic E-state index is 11.9. The molecule has 6 heteroatoms. The average molecular weight is 354 g/mol. The number of aryl methyl sites for hydroxylation is 1. The molecule has 1 unspecified atom stereocenters. The minimum absolute atomic E-state index is 0.0866. The maximum Gasteiger partial charge on any atom is 0.330 e. The van der Waals surface area contributed by atoms with Gasteiger partial charge in [0.1, 0.15) is 12.4 Å². The van der Waals surface area contributed by atoms with Crippen LogP contribution in [0.25, 0.3) is 0 Å². The third-order valence-electron chi connectivity index (χ3n) is 3.84. The first-order chi connectivity index (χ1) is 12.6. The number of nitrogens with one attached hydrogen (secondary N) is 1. The number of carboxylic acid groups (broad SMARTS) is 1. The van der Waals surface area contributed by atoms with E-state index in [2.05, 4.69) is 12.2 Å². The molecule has 0 aliphatic rings. The highest BCUT2D eigenvalue weighted by molar-refractivity contribution is 5.80. The van der Waals surface area contributed by atoms with Crippen LogP contribution < -0.4 is 10.1 Å². The molecule has 0 radical (unpaired) electrons. The van der Waals surface area contributed by atoms with Crippen LogP contribution in [-0.2, 0) is 11.2 Å². The van der Waals surface area contributed by atoms with Gasteiger partial charge in [-0.3, -0.25) is 0 Å². The van der Waals surface area contributed by atoms with Gasteiger partial charge < -0.3 is 20.3 Å². The van der Waals surface area contributed by atoms with E-state index in [0.717, 1.165) is 18.4 Å². The van der Waals surface area contributed by atoms with Crippen LogP contribution in [0.4, 0.5) is 5.69 Å². The first-order valence-electron chi connectivity index (χ1n) is 8.45. The summed E-state index contributed by atoms with van der Waals surface area (Å²) >= 11 is 0. The Hall–Kier alpha value is -3.04. The monoisotopic (exact) mass is 354 g/mol. The number of rotatable bonds is 9. The smallest absolute Gasteiger partial charge is 0.330 e. The van der Waals surface area contributed by atoms with Crippen molar-refractivity contribution in [2.45, 2.75) is 25.8 Å². The number of ether oxygens (including phenoxy) is 1. The van der Waals surface area contributed by atoms with Crippen molar-refractivity contribution in [1.82, 2.24) is 0 Å². The largest absolute Gasteiger partial charge is 0.491 e. The number of hydrogen-bond acceptors (Lipinski definition) is 5. The highest BCUT2D eigenvalue weighted by atomic mass is 16.5. The minimum atomic E-state index is -1.04. The number of benzene rings is 2. The number of carboxylic acids is 1. The molecule has 0 aromatic heterocycles. The molecule has 3 N–H and O–H groups in total. The van der Waals surface area contributed by atoms with Crippen molar-refractivity contribution in [1.29, 1.82) is 5.26 Å². The van der Waals surface area contributed by atoms with E-state index in [1.807, 2.05) is 18.2 Å². The molecular formula is C20H22N2O4. The van der Waals surface area contributed by atoms with E-state index in [1.165, 1.54) is 0 Å². The third kappa shape index (κ3) is 4.98. The minimum Gasteiger partial charge on any atom is -0.491 e. The molecule has 0 bridgehead atoms. The molecule has 0 amide bonds. The van der Waals surface area contributed by atoms with E-state index >= 15 is 0 Å². The van der Waals surface area contributed by atoms with Crippen LogP contribution in [0, 0.1) is 11.3 Å². The second-order valence-corrected chi connectivity index (χ2v) is 5.80. The molecule has 2 aromatic rings. The van der Waals surface area contributed by atoms with E-state index in [0.29, 0.717) is 22.6 Å². The second-order valence-electron chi connectivity index (χ2n) is 5.80. The molecule has 0 fully saturated rings. The van der Waals surface area contributed by atoms with Crippen LogP contribution in [0.3, 0.4) is 0 Å². The van der Waals surface area contributed by atoms with Gasteiger partial charge in [0.05, 0.1) is 18.2 Å². The molecule has 0 heterocycles. The Morgan fingerprint density at radius 2 is 2.00 bits per heavy atom. The van der Waals surface area contributed by atoms with Gasteiger partial charge in [0.2, 0.25) is 0 Å². The second kappa shape index (κ2) is 9.44. The molecule has 0 aliphatic heterocycles. The molecule has 136 valence electrons. The van der Waals surface area contributed by atoms with Crippen molar-refractivity contribution in [2.24, 2.45) is 0 Å². The van der Waals surface area contributed by atoms with Gasteiger partial charge >= 0.3 is 5.97 Å². The van der Waals surface area contributed by atoms with E-state index < -0.39 is 12.0 Å².